The standard InChI is InChI=1S/C10H18O/c1-2-9(8-11)10-6-4-3-5-7-10/h8-10H,2-7H2,1H3. The fourth-order valence-corrected chi connectivity index (χ4v) is 2.10. The van der Waals surface area contributed by atoms with Crippen molar-refractivity contribution in [2.75, 3.05) is 0 Å². The Bertz CT molecular complexity index is 114. The number of hydrogen-bond donors (Lipinski definition) is 0. The average Bonchev–Trinajstić information content (AvgIpc) is 2.09. The predicted octanol–water partition coefficient (Wildman–Crippen LogP) is 2.79. The van der Waals surface area contributed by atoms with Crippen LogP contribution in [0.25, 0.3) is 0 Å². The van der Waals surface area contributed by atoms with Crippen molar-refractivity contribution in [3.8, 4) is 0 Å². The van der Waals surface area contributed by atoms with Crippen LogP contribution in [0.1, 0.15) is 45.4 Å². The first-order valence-corrected chi connectivity index (χ1v) is 4.83. The molecule has 1 rings (SSSR count). The average molecular weight is 154 g/mol. The van der Waals surface area contributed by atoms with Crippen LogP contribution in [0.15, 0.2) is 0 Å². The molecular formula is C10H18O. The van der Waals surface area contributed by atoms with E-state index in [0.29, 0.717) is 11.8 Å². The van der Waals surface area contributed by atoms with Crippen molar-refractivity contribution in [1.82, 2.24) is 0 Å². The molecule has 0 aromatic carbocycles. The summed E-state index contributed by atoms with van der Waals surface area (Å²) in [5.74, 6) is 1.07. The number of carbonyl (C=O) groups is 1. The van der Waals surface area contributed by atoms with E-state index in [9.17, 15) is 4.79 Å². The SMILES string of the molecule is CCC(C=O)C1CCCCC1. The van der Waals surface area contributed by atoms with E-state index in [2.05, 4.69) is 6.92 Å². The summed E-state index contributed by atoms with van der Waals surface area (Å²) >= 11 is 0. The molecule has 1 nitrogen and oxygen atoms in total. The molecule has 0 bridgehead atoms. The van der Waals surface area contributed by atoms with Gasteiger partial charge in [0.05, 0.1) is 0 Å². The lowest BCUT2D eigenvalue weighted by Gasteiger charge is -2.25. The van der Waals surface area contributed by atoms with Crippen molar-refractivity contribution in [2.24, 2.45) is 11.8 Å². The normalized spacial score (nSPS) is 23.0. The van der Waals surface area contributed by atoms with Gasteiger partial charge in [-0.1, -0.05) is 26.2 Å². The van der Waals surface area contributed by atoms with Crippen LogP contribution in [0.4, 0.5) is 0 Å². The van der Waals surface area contributed by atoms with Crippen molar-refractivity contribution < 1.29 is 4.79 Å². The Kier molecular flexibility index (Phi) is 3.61. The molecule has 0 amide bonds. The number of rotatable bonds is 3. The number of hydrogen-bond acceptors (Lipinski definition) is 1. The Morgan fingerprint density at radius 1 is 1.36 bits per heavy atom. The van der Waals surface area contributed by atoms with Crippen LogP contribution in [0.2, 0.25) is 0 Å². The zero-order valence-electron chi connectivity index (χ0n) is 7.38. The van der Waals surface area contributed by atoms with E-state index in [1.807, 2.05) is 0 Å². The predicted molar refractivity (Wildman–Crippen MR) is 46.4 cm³/mol. The highest BCUT2D eigenvalue weighted by atomic mass is 16.1. The summed E-state index contributed by atoms with van der Waals surface area (Å²) in [7, 11) is 0. The Hall–Kier alpha value is -0.330. The zero-order chi connectivity index (χ0) is 8.10. The van der Waals surface area contributed by atoms with Gasteiger partial charge < -0.3 is 4.79 Å². The summed E-state index contributed by atoms with van der Waals surface area (Å²) in [6, 6.07) is 0. The van der Waals surface area contributed by atoms with Gasteiger partial charge in [0.2, 0.25) is 0 Å². The molecule has 1 heteroatoms. The van der Waals surface area contributed by atoms with Gasteiger partial charge in [0, 0.05) is 5.92 Å². The van der Waals surface area contributed by atoms with Gasteiger partial charge in [-0.2, -0.15) is 0 Å². The Morgan fingerprint density at radius 3 is 2.45 bits per heavy atom. The molecule has 0 aromatic rings. The van der Waals surface area contributed by atoms with Crippen molar-refractivity contribution >= 4 is 6.29 Å². The molecule has 0 aliphatic heterocycles. The maximum atomic E-state index is 10.6. The van der Waals surface area contributed by atoms with Crippen molar-refractivity contribution in [1.29, 1.82) is 0 Å². The van der Waals surface area contributed by atoms with E-state index in [1.54, 1.807) is 0 Å². The van der Waals surface area contributed by atoms with Gasteiger partial charge in [-0.05, 0) is 25.2 Å². The monoisotopic (exact) mass is 154 g/mol. The lowest BCUT2D eigenvalue weighted by Crippen LogP contribution is -2.18. The minimum absolute atomic E-state index is 0.357. The number of carbonyl (C=O) groups excluding carboxylic acids is 1. The van der Waals surface area contributed by atoms with E-state index in [0.717, 1.165) is 12.7 Å². The summed E-state index contributed by atoms with van der Waals surface area (Å²) < 4.78 is 0. The van der Waals surface area contributed by atoms with Gasteiger partial charge in [0.1, 0.15) is 6.29 Å². The van der Waals surface area contributed by atoms with Crippen LogP contribution in [0.5, 0.6) is 0 Å². The molecule has 0 saturated heterocycles. The van der Waals surface area contributed by atoms with E-state index in [1.165, 1.54) is 32.1 Å². The quantitative estimate of drug-likeness (QED) is 0.571. The second-order valence-electron chi connectivity index (χ2n) is 3.61. The summed E-state index contributed by atoms with van der Waals surface area (Å²) in [4.78, 5) is 10.6. The van der Waals surface area contributed by atoms with Crippen molar-refractivity contribution in [2.45, 2.75) is 45.4 Å². The fraction of sp³-hybridized carbons (Fsp3) is 0.900. The Balaban J connectivity index is 2.35. The summed E-state index contributed by atoms with van der Waals surface area (Å²) in [5.41, 5.74) is 0. The summed E-state index contributed by atoms with van der Waals surface area (Å²) in [5, 5.41) is 0. The molecular weight excluding hydrogens is 136 g/mol. The van der Waals surface area contributed by atoms with Gasteiger partial charge in [0.15, 0.2) is 0 Å². The van der Waals surface area contributed by atoms with E-state index in [-0.39, 0.29) is 0 Å². The maximum absolute atomic E-state index is 10.6. The second kappa shape index (κ2) is 4.53. The van der Waals surface area contributed by atoms with Gasteiger partial charge in [-0.25, -0.2) is 0 Å². The van der Waals surface area contributed by atoms with E-state index in [4.69, 9.17) is 0 Å². The molecule has 0 N–H and O–H groups in total. The van der Waals surface area contributed by atoms with Gasteiger partial charge in [-0.15, -0.1) is 0 Å². The Morgan fingerprint density at radius 2 is 2.00 bits per heavy atom. The largest absolute Gasteiger partial charge is 0.303 e. The third-order valence-electron chi connectivity index (χ3n) is 2.90. The van der Waals surface area contributed by atoms with Crippen LogP contribution in [0.3, 0.4) is 0 Å². The topological polar surface area (TPSA) is 17.1 Å². The maximum Gasteiger partial charge on any atom is 0.123 e. The van der Waals surface area contributed by atoms with E-state index >= 15 is 0 Å². The van der Waals surface area contributed by atoms with E-state index < -0.39 is 0 Å². The molecule has 1 atom stereocenters. The van der Waals surface area contributed by atoms with Gasteiger partial charge in [-0.3, -0.25) is 0 Å². The highest BCUT2D eigenvalue weighted by Crippen LogP contribution is 2.30. The highest BCUT2D eigenvalue weighted by Gasteiger charge is 2.21. The third-order valence-corrected chi connectivity index (χ3v) is 2.90. The van der Waals surface area contributed by atoms with Crippen molar-refractivity contribution in [3.05, 3.63) is 0 Å². The molecule has 0 spiro atoms. The third kappa shape index (κ3) is 2.32. The lowest BCUT2D eigenvalue weighted by atomic mass is 9.79. The summed E-state index contributed by atoms with van der Waals surface area (Å²) in [6.45, 7) is 2.12. The molecule has 0 radical (unpaired) electrons. The van der Waals surface area contributed by atoms with Crippen LogP contribution >= 0.6 is 0 Å². The minimum atomic E-state index is 0.357. The van der Waals surface area contributed by atoms with Crippen LogP contribution in [-0.2, 0) is 4.79 Å². The molecule has 1 fully saturated rings. The molecule has 11 heavy (non-hydrogen) atoms. The second-order valence-corrected chi connectivity index (χ2v) is 3.61. The Labute approximate surface area is 69.2 Å². The molecule has 1 unspecified atom stereocenters. The lowest BCUT2D eigenvalue weighted by molar-refractivity contribution is -0.113. The van der Waals surface area contributed by atoms with Crippen molar-refractivity contribution in [3.63, 3.8) is 0 Å². The fourth-order valence-electron chi connectivity index (χ4n) is 2.10. The first-order valence-electron chi connectivity index (χ1n) is 4.83. The first-order chi connectivity index (χ1) is 5.38. The molecule has 64 valence electrons. The smallest absolute Gasteiger partial charge is 0.123 e. The molecule has 1 saturated carbocycles. The summed E-state index contributed by atoms with van der Waals surface area (Å²) in [6.07, 6.45) is 8.84. The van der Waals surface area contributed by atoms with Gasteiger partial charge >= 0.3 is 0 Å². The van der Waals surface area contributed by atoms with Crippen LogP contribution < -0.4 is 0 Å². The van der Waals surface area contributed by atoms with Gasteiger partial charge in [0.25, 0.3) is 0 Å². The van der Waals surface area contributed by atoms with Crippen LogP contribution in [0, 0.1) is 11.8 Å². The highest BCUT2D eigenvalue weighted by molar-refractivity contribution is 5.53. The zero-order valence-corrected chi connectivity index (χ0v) is 7.38. The molecule has 1 aliphatic rings. The molecule has 1 aliphatic carbocycles. The minimum Gasteiger partial charge on any atom is -0.303 e. The van der Waals surface area contributed by atoms with Crippen LogP contribution in [-0.4, -0.2) is 6.29 Å². The molecule has 0 aromatic heterocycles. The molecule has 0 heterocycles. The first kappa shape index (κ1) is 8.76. The number of aldehydes is 1.